The first kappa shape index (κ1) is 20.4. The Morgan fingerprint density at radius 3 is 2.87 bits per heavy atom. The number of amides is 1. The van der Waals surface area contributed by atoms with Crippen LogP contribution in [0.3, 0.4) is 0 Å². The summed E-state index contributed by atoms with van der Waals surface area (Å²) in [4.78, 5) is 21.6. The molecule has 8 heteroatoms. The molecule has 0 aliphatic carbocycles. The molecule has 1 aliphatic rings. The van der Waals surface area contributed by atoms with Crippen molar-refractivity contribution in [2.45, 2.75) is 13.5 Å². The number of aryl methyl sites for hydroxylation is 1. The SMILES string of the molecule is Cc1nc(-c2cccs2)sc1C(=O)Nc1ccc2c(ccn2CCN2CCOCC2)c1. The molecule has 0 saturated carbocycles. The van der Waals surface area contributed by atoms with Gasteiger partial charge in [0.25, 0.3) is 5.91 Å². The minimum Gasteiger partial charge on any atom is -0.379 e. The molecule has 0 spiro atoms. The molecule has 1 saturated heterocycles. The number of anilines is 1. The number of aromatic nitrogens is 2. The van der Waals surface area contributed by atoms with Gasteiger partial charge in [0.05, 0.1) is 23.8 Å². The smallest absolute Gasteiger partial charge is 0.267 e. The lowest BCUT2D eigenvalue weighted by Gasteiger charge is -2.26. The summed E-state index contributed by atoms with van der Waals surface area (Å²) in [5.41, 5.74) is 2.75. The number of carbonyl (C=O) groups is 1. The summed E-state index contributed by atoms with van der Waals surface area (Å²) < 4.78 is 7.70. The average Bonchev–Trinajstić information content (AvgIpc) is 3.52. The van der Waals surface area contributed by atoms with Crippen LogP contribution in [-0.2, 0) is 11.3 Å². The van der Waals surface area contributed by atoms with Gasteiger partial charge in [-0.2, -0.15) is 0 Å². The molecule has 1 N–H and O–H groups in total. The number of hydrogen-bond acceptors (Lipinski definition) is 6. The van der Waals surface area contributed by atoms with Gasteiger partial charge in [-0.1, -0.05) is 6.07 Å². The number of morpholine rings is 1. The van der Waals surface area contributed by atoms with Crippen LogP contribution in [0.5, 0.6) is 0 Å². The third kappa shape index (κ3) is 4.43. The lowest BCUT2D eigenvalue weighted by Crippen LogP contribution is -2.38. The van der Waals surface area contributed by atoms with E-state index in [0.717, 1.165) is 66.0 Å². The van der Waals surface area contributed by atoms with Gasteiger partial charge in [0, 0.05) is 49.0 Å². The van der Waals surface area contributed by atoms with Crippen LogP contribution in [0, 0.1) is 6.92 Å². The van der Waals surface area contributed by atoms with Crippen LogP contribution in [0.2, 0.25) is 0 Å². The Balaban J connectivity index is 1.28. The number of fused-ring (bicyclic) bond motifs is 1. The molecule has 0 unspecified atom stereocenters. The van der Waals surface area contributed by atoms with Crippen molar-refractivity contribution in [2.24, 2.45) is 0 Å². The largest absolute Gasteiger partial charge is 0.379 e. The molecule has 0 radical (unpaired) electrons. The highest BCUT2D eigenvalue weighted by atomic mass is 32.1. The van der Waals surface area contributed by atoms with Gasteiger partial charge in [-0.15, -0.1) is 22.7 Å². The van der Waals surface area contributed by atoms with E-state index in [9.17, 15) is 4.79 Å². The van der Waals surface area contributed by atoms with Gasteiger partial charge in [-0.25, -0.2) is 4.98 Å². The van der Waals surface area contributed by atoms with Gasteiger partial charge >= 0.3 is 0 Å². The molecule has 4 aromatic rings. The lowest BCUT2D eigenvalue weighted by atomic mass is 10.2. The van der Waals surface area contributed by atoms with Crippen LogP contribution in [0.25, 0.3) is 20.8 Å². The van der Waals surface area contributed by atoms with Crippen LogP contribution in [-0.4, -0.2) is 53.2 Å². The topological polar surface area (TPSA) is 59.4 Å². The minimum atomic E-state index is -0.107. The molecule has 1 aliphatic heterocycles. The molecular weight excluding hydrogens is 428 g/mol. The predicted molar refractivity (Wildman–Crippen MR) is 127 cm³/mol. The van der Waals surface area contributed by atoms with Crippen molar-refractivity contribution in [3.8, 4) is 9.88 Å². The van der Waals surface area contributed by atoms with Crippen molar-refractivity contribution >= 4 is 45.2 Å². The molecule has 4 heterocycles. The molecule has 0 atom stereocenters. The van der Waals surface area contributed by atoms with Gasteiger partial charge < -0.3 is 14.6 Å². The van der Waals surface area contributed by atoms with Gasteiger partial charge in [0.1, 0.15) is 9.88 Å². The van der Waals surface area contributed by atoms with Crippen molar-refractivity contribution < 1.29 is 9.53 Å². The number of nitrogens with zero attached hydrogens (tertiary/aromatic N) is 3. The molecule has 5 rings (SSSR count). The van der Waals surface area contributed by atoms with E-state index in [2.05, 4.69) is 38.1 Å². The second-order valence-corrected chi connectivity index (χ2v) is 9.55. The van der Waals surface area contributed by atoms with Gasteiger partial charge in [-0.3, -0.25) is 9.69 Å². The Bertz CT molecular complexity index is 1190. The van der Waals surface area contributed by atoms with E-state index in [0.29, 0.717) is 4.88 Å². The van der Waals surface area contributed by atoms with Crippen molar-refractivity contribution in [2.75, 3.05) is 38.2 Å². The standard InChI is InChI=1S/C23H24N4O2S2/c1-16-21(31-23(24-16)20-3-2-14-30-20)22(28)25-18-4-5-19-17(15-18)6-7-27(19)9-8-26-10-12-29-13-11-26/h2-7,14-15H,8-13H2,1H3,(H,25,28). The summed E-state index contributed by atoms with van der Waals surface area (Å²) >= 11 is 3.08. The number of hydrogen-bond donors (Lipinski definition) is 1. The second-order valence-electron chi connectivity index (χ2n) is 7.60. The van der Waals surface area contributed by atoms with E-state index in [4.69, 9.17) is 4.74 Å². The Labute approximate surface area is 189 Å². The molecule has 1 amide bonds. The zero-order valence-electron chi connectivity index (χ0n) is 17.3. The second kappa shape index (κ2) is 8.92. The number of benzene rings is 1. The number of ether oxygens (including phenoxy) is 1. The fourth-order valence-corrected chi connectivity index (χ4v) is 5.61. The Hall–Kier alpha value is -2.52. The predicted octanol–water partition coefficient (Wildman–Crippen LogP) is 4.72. The molecular formula is C23H24N4O2S2. The summed E-state index contributed by atoms with van der Waals surface area (Å²) in [6.07, 6.45) is 2.12. The van der Waals surface area contributed by atoms with E-state index in [1.165, 1.54) is 16.9 Å². The van der Waals surface area contributed by atoms with Crippen LogP contribution in [0.1, 0.15) is 15.4 Å². The van der Waals surface area contributed by atoms with Crippen LogP contribution >= 0.6 is 22.7 Å². The first-order valence-corrected chi connectivity index (χ1v) is 12.1. The summed E-state index contributed by atoms with van der Waals surface area (Å²) in [6, 6.07) is 12.2. The Kier molecular flexibility index (Phi) is 5.87. The molecule has 3 aromatic heterocycles. The Morgan fingerprint density at radius 1 is 1.19 bits per heavy atom. The lowest BCUT2D eigenvalue weighted by molar-refractivity contribution is 0.0365. The molecule has 31 heavy (non-hydrogen) atoms. The van der Waals surface area contributed by atoms with Crippen LogP contribution in [0.15, 0.2) is 48.0 Å². The number of thiophene rings is 1. The normalized spacial score (nSPS) is 14.9. The van der Waals surface area contributed by atoms with Crippen molar-refractivity contribution in [3.63, 3.8) is 0 Å². The molecule has 6 nitrogen and oxygen atoms in total. The highest BCUT2D eigenvalue weighted by molar-refractivity contribution is 7.22. The summed E-state index contributed by atoms with van der Waals surface area (Å²) in [6.45, 7) is 7.50. The third-order valence-electron chi connectivity index (χ3n) is 5.52. The average molecular weight is 453 g/mol. The Morgan fingerprint density at radius 2 is 2.06 bits per heavy atom. The van der Waals surface area contributed by atoms with E-state index < -0.39 is 0 Å². The molecule has 160 valence electrons. The maximum absolute atomic E-state index is 12.9. The molecule has 1 fully saturated rings. The number of thiazole rings is 1. The zero-order valence-corrected chi connectivity index (χ0v) is 19.0. The van der Waals surface area contributed by atoms with Crippen LogP contribution < -0.4 is 5.32 Å². The highest BCUT2D eigenvalue weighted by Gasteiger charge is 2.17. The maximum Gasteiger partial charge on any atom is 0.267 e. The van der Waals surface area contributed by atoms with E-state index >= 15 is 0 Å². The highest BCUT2D eigenvalue weighted by Crippen LogP contribution is 2.31. The van der Waals surface area contributed by atoms with Crippen molar-refractivity contribution in [1.82, 2.24) is 14.5 Å². The fraction of sp³-hybridized carbons (Fsp3) is 0.304. The quantitative estimate of drug-likeness (QED) is 0.460. The van der Waals surface area contributed by atoms with E-state index in [-0.39, 0.29) is 5.91 Å². The van der Waals surface area contributed by atoms with E-state index in [1.807, 2.05) is 36.6 Å². The van der Waals surface area contributed by atoms with Gasteiger partial charge in [0.15, 0.2) is 0 Å². The van der Waals surface area contributed by atoms with Crippen molar-refractivity contribution in [3.05, 3.63) is 58.5 Å². The monoisotopic (exact) mass is 452 g/mol. The first-order chi connectivity index (χ1) is 15.2. The first-order valence-electron chi connectivity index (χ1n) is 10.4. The number of nitrogens with one attached hydrogen (secondary N) is 1. The minimum absolute atomic E-state index is 0.107. The molecule has 0 bridgehead atoms. The number of carbonyl (C=O) groups excluding carboxylic acids is 1. The number of rotatable bonds is 6. The van der Waals surface area contributed by atoms with Crippen LogP contribution in [0.4, 0.5) is 5.69 Å². The molecule has 1 aromatic carbocycles. The zero-order chi connectivity index (χ0) is 21.2. The fourth-order valence-electron chi connectivity index (χ4n) is 3.85. The van der Waals surface area contributed by atoms with Crippen molar-refractivity contribution in [1.29, 1.82) is 0 Å². The third-order valence-corrected chi connectivity index (χ3v) is 7.72. The van der Waals surface area contributed by atoms with Gasteiger partial charge in [0.2, 0.25) is 0 Å². The summed E-state index contributed by atoms with van der Waals surface area (Å²) in [5, 5.41) is 7.09. The summed E-state index contributed by atoms with van der Waals surface area (Å²) in [7, 11) is 0. The van der Waals surface area contributed by atoms with Gasteiger partial charge in [-0.05, 0) is 42.6 Å². The van der Waals surface area contributed by atoms with E-state index in [1.54, 1.807) is 11.3 Å². The summed E-state index contributed by atoms with van der Waals surface area (Å²) in [5.74, 6) is -0.107. The maximum atomic E-state index is 12.9.